The van der Waals surface area contributed by atoms with Gasteiger partial charge in [-0.2, -0.15) is 26.3 Å². The number of halogens is 7. The average Bonchev–Trinajstić information content (AvgIpc) is 2.87. The number of hydrogen-bond donors (Lipinski definition) is 0. The number of ketones is 1. The summed E-state index contributed by atoms with van der Waals surface area (Å²) < 4.78 is 79.6. The van der Waals surface area contributed by atoms with Crippen molar-refractivity contribution in [2.24, 2.45) is 0 Å². The van der Waals surface area contributed by atoms with Crippen molar-refractivity contribution < 1.29 is 31.1 Å². The van der Waals surface area contributed by atoms with Gasteiger partial charge in [0.25, 0.3) is 0 Å². The molecule has 1 saturated carbocycles. The first-order chi connectivity index (χ1) is 17.9. The van der Waals surface area contributed by atoms with E-state index in [0.717, 1.165) is 13.1 Å². The van der Waals surface area contributed by atoms with Crippen LogP contribution in [0.15, 0.2) is 42.5 Å². The fourth-order valence-electron chi connectivity index (χ4n) is 5.65. The molecule has 0 amide bonds. The van der Waals surface area contributed by atoms with Crippen molar-refractivity contribution in [2.45, 2.75) is 69.4 Å². The molecule has 10 heteroatoms. The van der Waals surface area contributed by atoms with Crippen LogP contribution >= 0.6 is 11.6 Å². The molecule has 0 radical (unpaired) electrons. The number of aryl methyl sites for hydroxylation is 1. The largest absolute Gasteiger partial charge is 0.416 e. The summed E-state index contributed by atoms with van der Waals surface area (Å²) in [5, 5.41) is 0.453. The smallest absolute Gasteiger partial charge is 0.298 e. The lowest BCUT2D eigenvalue weighted by molar-refractivity contribution is -0.143. The molecule has 1 heterocycles. The molecular weight excluding hydrogens is 530 g/mol. The Labute approximate surface area is 223 Å². The van der Waals surface area contributed by atoms with Crippen molar-refractivity contribution in [1.29, 1.82) is 0 Å². The number of Topliss-reactive ketones (excluding diaryl/α,β-unsaturated/α-hetero) is 1. The third-order valence-corrected chi connectivity index (χ3v) is 7.82. The summed E-state index contributed by atoms with van der Waals surface area (Å²) in [4.78, 5) is 18.1. The predicted molar refractivity (Wildman–Crippen MR) is 134 cm³/mol. The summed E-state index contributed by atoms with van der Waals surface area (Å²) in [5.74, 6) is -0.260. The Morgan fingerprint density at radius 3 is 2.03 bits per heavy atom. The number of rotatable bonds is 7. The number of carbonyl (C=O) groups excluding carboxylic acids is 1. The van der Waals surface area contributed by atoms with Crippen LogP contribution in [0.4, 0.5) is 26.3 Å². The summed E-state index contributed by atoms with van der Waals surface area (Å²) in [7, 11) is 0. The van der Waals surface area contributed by atoms with Gasteiger partial charge in [0.15, 0.2) is 5.78 Å². The van der Waals surface area contributed by atoms with Gasteiger partial charge in [0.1, 0.15) is 0 Å². The molecule has 38 heavy (non-hydrogen) atoms. The van der Waals surface area contributed by atoms with Crippen LogP contribution in [0.2, 0.25) is 5.02 Å². The molecule has 1 atom stereocenters. The Balaban J connectivity index is 1.52. The lowest BCUT2D eigenvalue weighted by Gasteiger charge is -2.43. The van der Waals surface area contributed by atoms with E-state index in [2.05, 4.69) is 9.80 Å². The molecule has 2 aromatic carbocycles. The minimum atomic E-state index is -4.93. The van der Waals surface area contributed by atoms with Gasteiger partial charge in [0.05, 0.1) is 17.2 Å². The summed E-state index contributed by atoms with van der Waals surface area (Å²) >= 11 is 6.20. The summed E-state index contributed by atoms with van der Waals surface area (Å²) in [6.07, 6.45) is -4.23. The van der Waals surface area contributed by atoms with Gasteiger partial charge in [-0.25, -0.2) is 0 Å². The molecule has 208 valence electrons. The molecule has 2 aromatic rings. The second kappa shape index (κ2) is 12.0. The molecule has 0 spiro atoms. The number of carbonyl (C=O) groups is 1. The van der Waals surface area contributed by atoms with E-state index in [9.17, 15) is 31.1 Å². The molecule has 1 aliphatic carbocycles. The summed E-state index contributed by atoms with van der Waals surface area (Å²) in [6, 6.07) is 8.28. The van der Waals surface area contributed by atoms with Crippen LogP contribution in [0.1, 0.15) is 66.8 Å². The van der Waals surface area contributed by atoms with Gasteiger partial charge in [-0.15, -0.1) is 0 Å². The number of hydrogen-bond acceptors (Lipinski definition) is 3. The maximum Gasteiger partial charge on any atom is 0.416 e. The second-order valence-electron chi connectivity index (χ2n) is 10.2. The van der Waals surface area contributed by atoms with Crippen molar-refractivity contribution in [3.63, 3.8) is 0 Å². The average molecular weight is 561 g/mol. The number of nitrogens with zero attached hydrogens (tertiary/aromatic N) is 2. The van der Waals surface area contributed by atoms with Crippen LogP contribution in [0.25, 0.3) is 0 Å². The molecule has 3 nitrogen and oxygen atoms in total. The van der Waals surface area contributed by atoms with E-state index in [1.165, 1.54) is 32.1 Å². The zero-order valence-electron chi connectivity index (χ0n) is 20.9. The summed E-state index contributed by atoms with van der Waals surface area (Å²) in [5.41, 5.74) is -2.25. The Morgan fingerprint density at radius 1 is 0.868 bits per heavy atom. The number of benzene rings is 2. The molecule has 2 fully saturated rings. The molecule has 0 bridgehead atoms. The van der Waals surface area contributed by atoms with E-state index >= 15 is 0 Å². The Hall–Kier alpha value is -2.10. The maximum absolute atomic E-state index is 13.5. The van der Waals surface area contributed by atoms with E-state index in [1.54, 1.807) is 24.3 Å². The highest BCUT2D eigenvalue weighted by atomic mass is 35.5. The minimum Gasteiger partial charge on any atom is -0.298 e. The molecule has 0 N–H and O–H groups in total. The first-order valence-corrected chi connectivity index (χ1v) is 13.3. The maximum atomic E-state index is 13.5. The monoisotopic (exact) mass is 560 g/mol. The van der Waals surface area contributed by atoms with E-state index in [-0.39, 0.29) is 30.3 Å². The van der Waals surface area contributed by atoms with E-state index in [0.29, 0.717) is 41.9 Å². The molecule has 1 aliphatic heterocycles. The topological polar surface area (TPSA) is 23.6 Å². The third-order valence-electron chi connectivity index (χ3n) is 7.58. The van der Waals surface area contributed by atoms with Gasteiger partial charge in [-0.1, -0.05) is 43.0 Å². The SMILES string of the molecule is O=C(CCc1cc(C(F)(F)F)cc(C(F)(F)F)c1)C(c1cccc(Cl)c1)N1CCN(C2CCCCC2)CC1. The van der Waals surface area contributed by atoms with Gasteiger partial charge < -0.3 is 0 Å². The molecule has 1 saturated heterocycles. The van der Waals surface area contributed by atoms with Crippen molar-refractivity contribution in [1.82, 2.24) is 9.80 Å². The minimum absolute atomic E-state index is 0.103. The van der Waals surface area contributed by atoms with Crippen LogP contribution < -0.4 is 0 Å². The van der Waals surface area contributed by atoms with Crippen LogP contribution in [0.3, 0.4) is 0 Å². The highest BCUT2D eigenvalue weighted by Crippen LogP contribution is 2.37. The zero-order chi connectivity index (χ0) is 27.5. The van der Waals surface area contributed by atoms with Crippen LogP contribution in [0, 0.1) is 0 Å². The van der Waals surface area contributed by atoms with Gasteiger partial charge in [-0.3, -0.25) is 14.6 Å². The van der Waals surface area contributed by atoms with Crippen molar-refractivity contribution in [3.05, 3.63) is 69.7 Å². The van der Waals surface area contributed by atoms with Gasteiger partial charge >= 0.3 is 12.4 Å². The second-order valence-corrected chi connectivity index (χ2v) is 10.6. The number of alkyl halides is 6. The van der Waals surface area contributed by atoms with Crippen molar-refractivity contribution >= 4 is 17.4 Å². The highest BCUT2D eigenvalue weighted by molar-refractivity contribution is 6.30. The third kappa shape index (κ3) is 7.30. The van der Waals surface area contributed by atoms with Crippen LogP contribution in [-0.2, 0) is 23.6 Å². The van der Waals surface area contributed by atoms with E-state index < -0.39 is 29.5 Å². The lowest BCUT2D eigenvalue weighted by Crippen LogP contribution is -2.52. The van der Waals surface area contributed by atoms with Crippen LogP contribution in [-0.4, -0.2) is 47.8 Å². The fourth-order valence-corrected chi connectivity index (χ4v) is 5.85. The van der Waals surface area contributed by atoms with Gasteiger partial charge in [-0.05, 0) is 60.7 Å². The van der Waals surface area contributed by atoms with Gasteiger partial charge in [0.2, 0.25) is 0 Å². The molecular formula is C28H31ClF6N2O. The van der Waals surface area contributed by atoms with Crippen LogP contribution in [0.5, 0.6) is 0 Å². The Kier molecular flexibility index (Phi) is 9.10. The Bertz CT molecular complexity index is 1070. The van der Waals surface area contributed by atoms with E-state index in [1.807, 2.05) is 0 Å². The van der Waals surface area contributed by atoms with Gasteiger partial charge in [0, 0.05) is 43.7 Å². The molecule has 0 aromatic heterocycles. The first kappa shape index (κ1) is 28.9. The Morgan fingerprint density at radius 2 is 1.47 bits per heavy atom. The number of piperazine rings is 1. The summed E-state index contributed by atoms with van der Waals surface area (Å²) in [6.45, 7) is 2.89. The molecule has 2 aliphatic rings. The molecule has 4 rings (SSSR count). The highest BCUT2D eigenvalue weighted by Gasteiger charge is 2.37. The molecule has 1 unspecified atom stereocenters. The van der Waals surface area contributed by atoms with Crippen molar-refractivity contribution in [3.8, 4) is 0 Å². The van der Waals surface area contributed by atoms with Crippen molar-refractivity contribution in [2.75, 3.05) is 26.2 Å². The normalized spacial score (nSPS) is 19.4. The predicted octanol–water partition coefficient (Wildman–Crippen LogP) is 7.57. The fraction of sp³-hybridized carbons (Fsp3) is 0.536. The first-order valence-electron chi connectivity index (χ1n) is 13.0. The van der Waals surface area contributed by atoms with E-state index in [4.69, 9.17) is 11.6 Å². The standard InChI is InChI=1S/C28H31ClF6N2O/c29-23-6-4-5-20(17-23)26(37-13-11-36(12-14-37)24-7-2-1-3-8-24)25(38)10-9-19-15-21(27(30,31)32)18-22(16-19)28(33,34)35/h4-6,15-18,24,26H,1-3,7-14H2. The lowest BCUT2D eigenvalue weighted by atomic mass is 9.92. The zero-order valence-corrected chi connectivity index (χ0v) is 21.7. The quantitative estimate of drug-likeness (QED) is 0.326.